The Morgan fingerprint density at radius 2 is 2.26 bits per heavy atom. The number of pyridine rings is 2. The van der Waals surface area contributed by atoms with Crippen LogP contribution in [0.5, 0.6) is 0 Å². The van der Waals surface area contributed by atoms with Gasteiger partial charge in [-0.3, -0.25) is 4.98 Å². The molecule has 4 aromatic rings. The molecule has 4 nitrogen and oxygen atoms in total. The van der Waals surface area contributed by atoms with Crippen molar-refractivity contribution in [2.45, 2.75) is 6.54 Å². The van der Waals surface area contributed by atoms with E-state index in [-0.39, 0.29) is 0 Å². The predicted molar refractivity (Wildman–Crippen MR) is 69.7 cm³/mol. The van der Waals surface area contributed by atoms with E-state index in [1.165, 1.54) is 11.1 Å². The van der Waals surface area contributed by atoms with Gasteiger partial charge in [-0.05, 0) is 18.2 Å². The van der Waals surface area contributed by atoms with E-state index in [1.807, 2.05) is 30.9 Å². The molecule has 1 aliphatic heterocycles. The van der Waals surface area contributed by atoms with Crippen LogP contribution in [0.4, 0.5) is 0 Å². The summed E-state index contributed by atoms with van der Waals surface area (Å²) < 4.78 is 10.4. The average Bonchev–Trinajstić information content (AvgIpc) is 3.05. The molecule has 0 aliphatic carbocycles. The van der Waals surface area contributed by atoms with Gasteiger partial charge in [0.05, 0.1) is 6.20 Å². The lowest BCUT2D eigenvalue weighted by Crippen LogP contribution is -2.30. The molecular formula is C15H10N3O+. The van der Waals surface area contributed by atoms with Crippen molar-refractivity contribution in [2.75, 3.05) is 0 Å². The van der Waals surface area contributed by atoms with Crippen molar-refractivity contribution in [3.8, 4) is 11.5 Å². The summed E-state index contributed by atoms with van der Waals surface area (Å²) in [6.45, 7) is 0.856. The Morgan fingerprint density at radius 1 is 1.26 bits per heavy atom. The highest BCUT2D eigenvalue weighted by atomic mass is 16.4. The third-order valence-electron chi connectivity index (χ3n) is 3.81. The number of hydrogen-bond donors (Lipinski definition) is 0. The molecule has 0 atom stereocenters. The zero-order valence-corrected chi connectivity index (χ0v) is 10.1. The minimum absolute atomic E-state index is 0.856. The Bertz CT molecular complexity index is 949. The molecule has 90 valence electrons. The van der Waals surface area contributed by atoms with E-state index >= 15 is 0 Å². The molecule has 0 radical (unpaired) electrons. The van der Waals surface area contributed by atoms with E-state index in [0.717, 1.165) is 29.1 Å². The van der Waals surface area contributed by atoms with E-state index < -0.39 is 0 Å². The Kier molecular flexibility index (Phi) is 1.49. The zero-order chi connectivity index (χ0) is 12.4. The molecule has 0 N–H and O–H groups in total. The van der Waals surface area contributed by atoms with Gasteiger partial charge in [-0.25, -0.2) is 0 Å². The second kappa shape index (κ2) is 3.03. The Balaban J connectivity index is 1.94. The van der Waals surface area contributed by atoms with Crippen molar-refractivity contribution in [1.82, 2.24) is 9.38 Å². The van der Waals surface area contributed by atoms with Gasteiger partial charge in [0.1, 0.15) is 11.1 Å². The van der Waals surface area contributed by atoms with Crippen LogP contribution < -0.4 is 4.57 Å². The van der Waals surface area contributed by atoms with Crippen molar-refractivity contribution in [3.05, 3.63) is 54.6 Å². The van der Waals surface area contributed by atoms with Crippen LogP contribution in [-0.2, 0) is 6.54 Å². The van der Waals surface area contributed by atoms with Crippen LogP contribution in [0.3, 0.4) is 0 Å². The van der Waals surface area contributed by atoms with Crippen molar-refractivity contribution in [3.63, 3.8) is 0 Å². The summed E-state index contributed by atoms with van der Waals surface area (Å²) in [5, 5.41) is 0. The van der Waals surface area contributed by atoms with Gasteiger partial charge in [0.2, 0.25) is 5.58 Å². The van der Waals surface area contributed by atoms with Gasteiger partial charge in [0.15, 0.2) is 6.54 Å². The van der Waals surface area contributed by atoms with Crippen LogP contribution >= 0.6 is 0 Å². The normalized spacial score (nSPS) is 13.1. The van der Waals surface area contributed by atoms with Crippen LogP contribution in [0.15, 0.2) is 53.5 Å². The van der Waals surface area contributed by atoms with Crippen LogP contribution in [0.2, 0.25) is 0 Å². The van der Waals surface area contributed by atoms with Gasteiger partial charge in [0.25, 0.3) is 5.52 Å². The second-order valence-corrected chi connectivity index (χ2v) is 4.86. The molecule has 0 amide bonds. The molecule has 4 heteroatoms. The van der Waals surface area contributed by atoms with Crippen LogP contribution in [0, 0.1) is 0 Å². The number of rotatable bonds is 0. The summed E-state index contributed by atoms with van der Waals surface area (Å²) in [7, 11) is 0. The SMILES string of the molecule is c1ccn2cc3oc4[n+](c3c2c1)Cc1ccncc1-4. The second-order valence-electron chi connectivity index (χ2n) is 4.86. The number of hydrogen-bond acceptors (Lipinski definition) is 2. The molecule has 5 heterocycles. The number of oxazole rings is 1. The molecular weight excluding hydrogens is 238 g/mol. The van der Waals surface area contributed by atoms with Crippen molar-refractivity contribution < 1.29 is 8.98 Å². The number of aromatic nitrogens is 3. The fourth-order valence-electron chi connectivity index (χ4n) is 2.97. The lowest BCUT2D eigenvalue weighted by molar-refractivity contribution is -0.648. The average molecular weight is 248 g/mol. The monoisotopic (exact) mass is 248 g/mol. The first-order valence-corrected chi connectivity index (χ1v) is 6.27. The Labute approximate surface area is 108 Å². The molecule has 0 saturated carbocycles. The third-order valence-corrected chi connectivity index (χ3v) is 3.81. The topological polar surface area (TPSA) is 34.3 Å². The largest absolute Gasteiger partial charge is 0.396 e. The lowest BCUT2D eigenvalue weighted by atomic mass is 10.2. The summed E-state index contributed by atoms with van der Waals surface area (Å²) in [4.78, 5) is 4.19. The molecule has 0 unspecified atom stereocenters. The van der Waals surface area contributed by atoms with Crippen LogP contribution in [0.1, 0.15) is 5.56 Å². The first-order chi connectivity index (χ1) is 9.42. The zero-order valence-electron chi connectivity index (χ0n) is 10.1. The van der Waals surface area contributed by atoms with Gasteiger partial charge in [0, 0.05) is 24.2 Å². The highest BCUT2D eigenvalue weighted by Gasteiger charge is 2.35. The van der Waals surface area contributed by atoms with Gasteiger partial charge in [-0.15, -0.1) is 4.57 Å². The third kappa shape index (κ3) is 1.04. The van der Waals surface area contributed by atoms with E-state index in [1.54, 1.807) is 0 Å². The summed E-state index contributed by atoms with van der Waals surface area (Å²) in [6.07, 6.45) is 7.79. The highest BCUT2D eigenvalue weighted by Crippen LogP contribution is 2.32. The maximum atomic E-state index is 6.02. The van der Waals surface area contributed by atoms with Gasteiger partial charge in [-0.2, -0.15) is 0 Å². The van der Waals surface area contributed by atoms with Crippen molar-refractivity contribution in [1.29, 1.82) is 0 Å². The lowest BCUT2D eigenvalue weighted by Gasteiger charge is -1.90. The number of fused-ring (bicyclic) bond motifs is 7. The van der Waals surface area contributed by atoms with Gasteiger partial charge < -0.3 is 8.82 Å². The fraction of sp³-hybridized carbons (Fsp3) is 0.0667. The molecule has 0 aromatic carbocycles. The van der Waals surface area contributed by atoms with Crippen molar-refractivity contribution >= 4 is 16.6 Å². The maximum Gasteiger partial charge on any atom is 0.384 e. The molecule has 5 rings (SSSR count). The first kappa shape index (κ1) is 9.33. The van der Waals surface area contributed by atoms with Crippen LogP contribution in [0.25, 0.3) is 28.1 Å². The highest BCUT2D eigenvalue weighted by molar-refractivity contribution is 5.89. The molecule has 0 saturated heterocycles. The number of nitrogens with zero attached hydrogens (tertiary/aromatic N) is 3. The summed E-state index contributed by atoms with van der Waals surface area (Å²) in [6, 6.07) is 8.25. The summed E-state index contributed by atoms with van der Waals surface area (Å²) in [5.74, 6) is 0.916. The van der Waals surface area contributed by atoms with Crippen molar-refractivity contribution in [2.24, 2.45) is 0 Å². The van der Waals surface area contributed by atoms with E-state index in [0.29, 0.717) is 0 Å². The Hall–Kier alpha value is -2.62. The summed E-state index contributed by atoms with van der Waals surface area (Å²) >= 11 is 0. The predicted octanol–water partition coefficient (Wildman–Crippen LogP) is 2.40. The fourth-order valence-corrected chi connectivity index (χ4v) is 2.97. The molecule has 0 spiro atoms. The minimum atomic E-state index is 0.856. The van der Waals surface area contributed by atoms with Crippen LogP contribution in [-0.4, -0.2) is 9.38 Å². The minimum Gasteiger partial charge on any atom is -0.396 e. The summed E-state index contributed by atoms with van der Waals surface area (Å²) in [5.41, 5.74) is 5.63. The maximum absolute atomic E-state index is 6.02. The smallest absolute Gasteiger partial charge is 0.384 e. The first-order valence-electron chi connectivity index (χ1n) is 6.27. The molecule has 4 aromatic heterocycles. The van der Waals surface area contributed by atoms with E-state index in [9.17, 15) is 0 Å². The standard InChI is InChI=1S/C15H10N3O/c1-2-6-17-9-13-14(12(17)3-1)18-8-10-4-5-16-7-11(10)15(18)19-13/h1-7,9H,8H2/q+1. The molecule has 0 bridgehead atoms. The molecule has 19 heavy (non-hydrogen) atoms. The quantitative estimate of drug-likeness (QED) is 0.394. The van der Waals surface area contributed by atoms with E-state index in [4.69, 9.17) is 4.42 Å². The van der Waals surface area contributed by atoms with Gasteiger partial charge in [-0.1, -0.05) is 6.07 Å². The molecule has 1 aliphatic rings. The molecule has 0 fully saturated rings. The van der Waals surface area contributed by atoms with E-state index in [2.05, 4.69) is 32.2 Å². The Morgan fingerprint density at radius 3 is 3.26 bits per heavy atom. The van der Waals surface area contributed by atoms with Gasteiger partial charge >= 0.3 is 5.89 Å².